The molecular weight excluding hydrogens is 1080 g/mol. The Bertz CT molecular complexity index is 3500. The lowest BCUT2D eigenvalue weighted by atomic mass is 9.59. The Hall–Kier alpha value is -7.04. The molecule has 0 radical (unpaired) electrons. The Kier molecular flexibility index (Phi) is 15.5. The average molecular weight is 1150 g/mol. The zero-order valence-corrected chi connectivity index (χ0v) is 48.8. The van der Waals surface area contributed by atoms with E-state index in [0.717, 1.165) is 100 Å². The number of aromatic amines is 1. The first-order valence-corrected chi connectivity index (χ1v) is 30.8. The molecule has 3 aromatic carbocycles. The van der Waals surface area contributed by atoms with E-state index in [1.165, 1.54) is 23.3 Å². The summed E-state index contributed by atoms with van der Waals surface area (Å²) in [6.07, 6.45) is 10.8. The fraction of sp³-hybridized carbons (Fsp3) is 0.500. The maximum atomic E-state index is 14.9. The number of benzene rings is 3. The number of nitro benzene ring substituents is 1. The van der Waals surface area contributed by atoms with E-state index in [1.807, 2.05) is 49.6 Å². The molecule has 1 amide bonds. The van der Waals surface area contributed by atoms with Gasteiger partial charge in [0.1, 0.15) is 23.1 Å². The summed E-state index contributed by atoms with van der Waals surface area (Å²) in [5.74, 6) is 1.15. The third-order valence-corrected chi connectivity index (χ3v) is 20.1. The van der Waals surface area contributed by atoms with Crippen LogP contribution in [0.4, 0.5) is 28.4 Å². The van der Waals surface area contributed by atoms with Gasteiger partial charge in [-0.15, -0.1) is 0 Å². The number of ether oxygens (including phenoxy) is 4. The number of carbonyl (C=O) groups excluding carboxylic acids is 1. The number of piperidine rings is 1. The van der Waals surface area contributed by atoms with Crippen LogP contribution in [-0.2, 0) is 21.3 Å². The average Bonchev–Trinajstić information content (AvgIpc) is 2.93. The number of anilines is 4. The molecule has 440 valence electrons. The highest BCUT2D eigenvalue weighted by atomic mass is 32.2. The van der Waals surface area contributed by atoms with E-state index in [1.54, 1.807) is 20.3 Å². The van der Waals surface area contributed by atoms with Crippen molar-refractivity contribution in [2.75, 3.05) is 81.8 Å². The van der Waals surface area contributed by atoms with Crippen LogP contribution in [0, 0.1) is 21.4 Å². The number of H-pyrrole nitrogens is 1. The van der Waals surface area contributed by atoms with Crippen LogP contribution >= 0.6 is 0 Å². The minimum absolute atomic E-state index is 0.105. The molecule has 20 nitrogen and oxygen atoms in total. The van der Waals surface area contributed by atoms with Gasteiger partial charge in [0.15, 0.2) is 5.75 Å². The Labute approximate surface area is 485 Å². The normalized spacial score (nSPS) is 23.9. The number of nitrogens with one attached hydrogen (secondary N) is 3. The van der Waals surface area contributed by atoms with E-state index >= 15 is 0 Å². The van der Waals surface area contributed by atoms with Gasteiger partial charge >= 0.3 is 0 Å². The molecule has 0 bridgehead atoms. The lowest BCUT2D eigenvalue weighted by Gasteiger charge is -2.58. The SMILES string of the molecule is COc1cc(CN2CCN(C3CC4(CCN(c5ccc(C(=O)NS(=O)(=O)c6ccc(NCC7CCC(C)(O)CC7)c([N+](=O)[O-])c6)c(N6c7cc8cc[nH]c8nc7O[C@H]7COCC[C@@H]76)c5)CC4)C3)[C@H](c3ccccc3C(C)C)C2)cnc1OC. The predicted molar refractivity (Wildman–Crippen MR) is 317 cm³/mol. The van der Waals surface area contributed by atoms with Crippen molar-refractivity contribution in [3.63, 3.8) is 0 Å². The number of piperazine rings is 1. The van der Waals surface area contributed by atoms with E-state index in [0.29, 0.717) is 85.5 Å². The zero-order chi connectivity index (χ0) is 57.8. The number of aromatic nitrogens is 3. The monoisotopic (exact) mass is 1150 g/mol. The minimum Gasteiger partial charge on any atom is -0.491 e. The molecule has 7 heterocycles. The van der Waals surface area contributed by atoms with Gasteiger partial charge in [-0.1, -0.05) is 38.1 Å². The Morgan fingerprint density at radius 3 is 2.51 bits per heavy atom. The van der Waals surface area contributed by atoms with Gasteiger partial charge < -0.3 is 44.2 Å². The van der Waals surface area contributed by atoms with Crippen LogP contribution in [0.15, 0.2) is 96.2 Å². The Balaban J connectivity index is 0.796. The largest absolute Gasteiger partial charge is 0.491 e. The van der Waals surface area contributed by atoms with Gasteiger partial charge in [0.2, 0.25) is 5.88 Å². The van der Waals surface area contributed by atoms with E-state index < -0.39 is 43.1 Å². The molecule has 3 saturated heterocycles. The number of sulfonamides is 1. The van der Waals surface area contributed by atoms with Crippen LogP contribution in [0.1, 0.15) is 118 Å². The van der Waals surface area contributed by atoms with Crippen molar-refractivity contribution in [1.29, 1.82) is 0 Å². The molecule has 21 heteroatoms. The fourth-order valence-corrected chi connectivity index (χ4v) is 15.0. The van der Waals surface area contributed by atoms with Crippen LogP contribution in [-0.4, -0.2) is 140 Å². The lowest BCUT2D eigenvalue weighted by Crippen LogP contribution is -2.60. The van der Waals surface area contributed by atoms with Gasteiger partial charge in [0, 0.05) is 94.0 Å². The van der Waals surface area contributed by atoms with Crippen molar-refractivity contribution in [3.05, 3.63) is 124 Å². The van der Waals surface area contributed by atoms with Crippen molar-refractivity contribution in [1.82, 2.24) is 29.5 Å². The number of methoxy groups -OCH3 is 2. The first-order chi connectivity index (χ1) is 40.0. The zero-order valence-electron chi connectivity index (χ0n) is 48.0. The summed E-state index contributed by atoms with van der Waals surface area (Å²) in [6.45, 7) is 12.7. The van der Waals surface area contributed by atoms with E-state index in [9.17, 15) is 28.4 Å². The second-order valence-electron chi connectivity index (χ2n) is 24.5. The molecule has 83 heavy (non-hydrogen) atoms. The van der Waals surface area contributed by atoms with Gasteiger partial charge in [0.05, 0.1) is 53.5 Å². The van der Waals surface area contributed by atoms with Crippen molar-refractivity contribution < 1.29 is 42.2 Å². The molecule has 6 aliphatic rings. The molecule has 6 aromatic rings. The summed E-state index contributed by atoms with van der Waals surface area (Å²) in [7, 11) is -1.40. The quantitative estimate of drug-likeness (QED) is 0.0522. The van der Waals surface area contributed by atoms with Crippen LogP contribution in [0.3, 0.4) is 0 Å². The molecule has 3 atom stereocenters. The number of pyridine rings is 2. The molecule has 1 spiro atoms. The Morgan fingerprint density at radius 1 is 0.952 bits per heavy atom. The van der Waals surface area contributed by atoms with E-state index in [2.05, 4.69) is 77.7 Å². The van der Waals surface area contributed by atoms with Gasteiger partial charge in [-0.2, -0.15) is 4.98 Å². The first kappa shape index (κ1) is 56.4. The number of nitro groups is 1. The second kappa shape index (κ2) is 22.8. The lowest BCUT2D eigenvalue weighted by molar-refractivity contribution is -0.384. The standard InChI is InChI=1S/C62H76N10O10S/c1-39(2)46-8-6-7-9-47(46)54-37-68(36-41-28-55(79-4)60(80-5)65-35-41)25-26-70(54)44-32-62(33-44)20-23-69(24-21-62)43-10-12-48(51(30-43)71-50-17-27-81-38-56(50)82-59-53(71)29-42-16-22-63-57(42)66-59)58(73)67-83(77,78)45-11-13-49(52(31-45)72(75)76)64-34-40-14-18-61(3,74)19-15-40/h6-13,16,22,28-31,35,39-40,44,50,54,56,64,74H,14-15,17-21,23-27,32-34,36-38H2,1-5H3,(H,63,66)(H,67,73)/t40?,50-,54-,56-,61?/m0/s1. The van der Waals surface area contributed by atoms with E-state index in [4.69, 9.17) is 23.9 Å². The highest BCUT2D eigenvalue weighted by Gasteiger charge is 2.50. The summed E-state index contributed by atoms with van der Waals surface area (Å²) in [5.41, 5.74) is 5.85. The number of nitrogens with zero attached hydrogens (tertiary/aromatic N) is 7. The molecule has 0 unspecified atom stereocenters. The fourth-order valence-electron chi connectivity index (χ4n) is 14.0. The third kappa shape index (κ3) is 11.4. The van der Waals surface area contributed by atoms with Crippen molar-refractivity contribution in [2.45, 2.75) is 126 Å². The number of carbonyl (C=O) groups is 1. The summed E-state index contributed by atoms with van der Waals surface area (Å²) in [4.78, 5) is 48.7. The summed E-state index contributed by atoms with van der Waals surface area (Å²) in [5, 5.41) is 26.9. The highest BCUT2D eigenvalue weighted by Crippen LogP contribution is 2.54. The van der Waals surface area contributed by atoms with Gasteiger partial charge in [-0.05, 0) is 147 Å². The summed E-state index contributed by atoms with van der Waals surface area (Å²) >= 11 is 0. The molecule has 4 N–H and O–H groups in total. The number of rotatable bonds is 16. The highest BCUT2D eigenvalue weighted by molar-refractivity contribution is 7.90. The summed E-state index contributed by atoms with van der Waals surface area (Å²) in [6, 6.07) is 24.5. The van der Waals surface area contributed by atoms with E-state index in [-0.39, 0.29) is 34.7 Å². The topological polar surface area (TPSA) is 230 Å². The molecule has 2 saturated carbocycles. The molecular formula is C62H76N10O10S. The van der Waals surface area contributed by atoms with Crippen LogP contribution in [0.2, 0.25) is 0 Å². The smallest absolute Gasteiger partial charge is 0.293 e. The molecule has 2 aliphatic carbocycles. The minimum atomic E-state index is -4.65. The van der Waals surface area contributed by atoms with Crippen LogP contribution < -0.4 is 34.0 Å². The number of aliphatic hydroxyl groups is 1. The number of hydrogen-bond acceptors (Lipinski definition) is 17. The van der Waals surface area contributed by atoms with Crippen molar-refractivity contribution in [3.8, 4) is 17.5 Å². The molecule has 3 aromatic heterocycles. The van der Waals surface area contributed by atoms with Crippen molar-refractivity contribution >= 4 is 55.4 Å². The Morgan fingerprint density at radius 2 is 1.75 bits per heavy atom. The van der Waals surface area contributed by atoms with Gasteiger partial charge in [0.25, 0.3) is 27.5 Å². The number of fused-ring (bicyclic) bond motifs is 3. The summed E-state index contributed by atoms with van der Waals surface area (Å²) < 4.78 is 54.4. The second-order valence-corrected chi connectivity index (χ2v) is 26.1. The number of hydrogen-bond donors (Lipinski definition) is 4. The van der Waals surface area contributed by atoms with Gasteiger partial charge in [-0.25, -0.2) is 18.1 Å². The van der Waals surface area contributed by atoms with Gasteiger partial charge in [-0.3, -0.25) is 24.7 Å². The molecule has 4 aliphatic heterocycles. The molecule has 12 rings (SSSR count). The molecule has 5 fully saturated rings. The number of amides is 1. The van der Waals surface area contributed by atoms with Crippen LogP contribution in [0.5, 0.6) is 17.5 Å². The van der Waals surface area contributed by atoms with Crippen molar-refractivity contribution in [2.24, 2.45) is 11.3 Å². The van der Waals surface area contributed by atoms with Crippen LogP contribution in [0.25, 0.3) is 11.0 Å². The first-order valence-electron chi connectivity index (χ1n) is 29.3. The third-order valence-electron chi connectivity index (χ3n) is 18.7. The predicted octanol–water partition coefficient (Wildman–Crippen LogP) is 9.47. The maximum Gasteiger partial charge on any atom is 0.293 e. The maximum absolute atomic E-state index is 14.9.